The van der Waals surface area contributed by atoms with Crippen LogP contribution in [0.15, 0.2) is 18.2 Å². The van der Waals surface area contributed by atoms with Gasteiger partial charge in [0.15, 0.2) is 0 Å². The number of benzene rings is 1. The SMILES string of the molecule is COc1cc(C(N)C2CCCO2)ccc1Cl. The topological polar surface area (TPSA) is 44.5 Å². The summed E-state index contributed by atoms with van der Waals surface area (Å²) in [7, 11) is 1.60. The van der Waals surface area contributed by atoms with Crippen molar-refractivity contribution in [3.8, 4) is 5.75 Å². The van der Waals surface area contributed by atoms with Gasteiger partial charge >= 0.3 is 0 Å². The molecule has 0 aliphatic carbocycles. The molecule has 2 unspecified atom stereocenters. The van der Waals surface area contributed by atoms with Crippen molar-refractivity contribution in [3.05, 3.63) is 28.8 Å². The average molecular weight is 242 g/mol. The highest BCUT2D eigenvalue weighted by atomic mass is 35.5. The van der Waals surface area contributed by atoms with Crippen molar-refractivity contribution in [1.82, 2.24) is 0 Å². The Kier molecular flexibility index (Phi) is 3.69. The number of hydrogen-bond acceptors (Lipinski definition) is 3. The number of rotatable bonds is 3. The first-order valence-corrected chi connectivity index (χ1v) is 5.81. The maximum absolute atomic E-state index is 6.15. The van der Waals surface area contributed by atoms with Crippen molar-refractivity contribution in [2.24, 2.45) is 5.73 Å². The molecule has 2 atom stereocenters. The second-order valence-electron chi connectivity index (χ2n) is 3.97. The van der Waals surface area contributed by atoms with Crippen LogP contribution in [-0.4, -0.2) is 19.8 Å². The number of hydrogen-bond donors (Lipinski definition) is 1. The molecule has 1 aromatic carbocycles. The Morgan fingerprint density at radius 2 is 2.38 bits per heavy atom. The van der Waals surface area contributed by atoms with E-state index in [9.17, 15) is 0 Å². The first kappa shape index (κ1) is 11.7. The fourth-order valence-electron chi connectivity index (χ4n) is 1.98. The van der Waals surface area contributed by atoms with Gasteiger partial charge in [-0.25, -0.2) is 0 Å². The zero-order valence-corrected chi connectivity index (χ0v) is 10.0. The van der Waals surface area contributed by atoms with Crippen LogP contribution >= 0.6 is 11.6 Å². The summed E-state index contributed by atoms with van der Waals surface area (Å²) in [5, 5.41) is 0.603. The summed E-state index contributed by atoms with van der Waals surface area (Å²) in [6, 6.07) is 5.52. The minimum atomic E-state index is -0.103. The van der Waals surface area contributed by atoms with E-state index < -0.39 is 0 Å². The number of methoxy groups -OCH3 is 1. The van der Waals surface area contributed by atoms with Gasteiger partial charge in [0.05, 0.1) is 24.3 Å². The number of ether oxygens (including phenoxy) is 2. The van der Waals surface area contributed by atoms with Gasteiger partial charge in [-0.3, -0.25) is 0 Å². The molecule has 1 aliphatic rings. The molecule has 1 fully saturated rings. The molecule has 0 amide bonds. The molecule has 16 heavy (non-hydrogen) atoms. The molecule has 2 rings (SSSR count). The maximum atomic E-state index is 6.15. The van der Waals surface area contributed by atoms with E-state index in [-0.39, 0.29) is 12.1 Å². The molecular formula is C12H16ClNO2. The summed E-state index contributed by atoms with van der Waals surface area (Å²) in [5.74, 6) is 0.660. The van der Waals surface area contributed by atoms with Crippen LogP contribution in [0.25, 0.3) is 0 Å². The van der Waals surface area contributed by atoms with Crippen LogP contribution in [0.3, 0.4) is 0 Å². The lowest BCUT2D eigenvalue weighted by Gasteiger charge is -2.19. The van der Waals surface area contributed by atoms with Gasteiger partial charge in [0.25, 0.3) is 0 Å². The van der Waals surface area contributed by atoms with E-state index in [1.165, 1.54) is 0 Å². The van der Waals surface area contributed by atoms with E-state index in [1.54, 1.807) is 7.11 Å². The van der Waals surface area contributed by atoms with Gasteiger partial charge in [-0.1, -0.05) is 17.7 Å². The lowest BCUT2D eigenvalue weighted by atomic mass is 10.0. The van der Waals surface area contributed by atoms with E-state index in [1.807, 2.05) is 18.2 Å². The van der Waals surface area contributed by atoms with Crippen LogP contribution in [0.2, 0.25) is 5.02 Å². The van der Waals surface area contributed by atoms with E-state index in [4.69, 9.17) is 26.8 Å². The van der Waals surface area contributed by atoms with Crippen molar-refractivity contribution in [3.63, 3.8) is 0 Å². The first-order chi connectivity index (χ1) is 7.72. The molecule has 0 radical (unpaired) electrons. The van der Waals surface area contributed by atoms with Crippen LogP contribution in [0.4, 0.5) is 0 Å². The van der Waals surface area contributed by atoms with E-state index in [0.29, 0.717) is 10.8 Å². The third kappa shape index (κ3) is 2.32. The molecule has 1 saturated heterocycles. The minimum Gasteiger partial charge on any atom is -0.495 e. The van der Waals surface area contributed by atoms with E-state index in [0.717, 1.165) is 25.0 Å². The van der Waals surface area contributed by atoms with Crippen molar-refractivity contribution >= 4 is 11.6 Å². The largest absolute Gasteiger partial charge is 0.495 e. The Morgan fingerprint density at radius 1 is 1.56 bits per heavy atom. The molecule has 3 nitrogen and oxygen atoms in total. The molecule has 1 heterocycles. The molecule has 0 aromatic heterocycles. The van der Waals surface area contributed by atoms with Gasteiger partial charge in [0.2, 0.25) is 0 Å². The molecule has 0 bridgehead atoms. The fourth-order valence-corrected chi connectivity index (χ4v) is 2.18. The predicted molar refractivity (Wildman–Crippen MR) is 63.9 cm³/mol. The summed E-state index contributed by atoms with van der Waals surface area (Å²) < 4.78 is 10.7. The molecule has 0 saturated carbocycles. The Hall–Kier alpha value is -0.770. The fraction of sp³-hybridized carbons (Fsp3) is 0.500. The summed E-state index contributed by atoms with van der Waals surface area (Å²) >= 11 is 5.96. The molecule has 2 N–H and O–H groups in total. The minimum absolute atomic E-state index is 0.103. The second kappa shape index (κ2) is 5.04. The number of halogens is 1. The second-order valence-corrected chi connectivity index (χ2v) is 4.38. The van der Waals surface area contributed by atoms with Gasteiger partial charge in [-0.05, 0) is 30.5 Å². The lowest BCUT2D eigenvalue weighted by molar-refractivity contribution is 0.0900. The average Bonchev–Trinajstić information content (AvgIpc) is 2.82. The van der Waals surface area contributed by atoms with Crippen molar-refractivity contribution in [1.29, 1.82) is 0 Å². The molecular weight excluding hydrogens is 226 g/mol. The highest BCUT2D eigenvalue weighted by Crippen LogP contribution is 2.30. The maximum Gasteiger partial charge on any atom is 0.137 e. The highest BCUT2D eigenvalue weighted by molar-refractivity contribution is 6.32. The Morgan fingerprint density at radius 3 is 3.00 bits per heavy atom. The summed E-state index contributed by atoms with van der Waals surface area (Å²) in [4.78, 5) is 0. The molecule has 1 aromatic rings. The van der Waals surface area contributed by atoms with Gasteiger partial charge in [-0.15, -0.1) is 0 Å². The van der Waals surface area contributed by atoms with Gasteiger partial charge < -0.3 is 15.2 Å². The third-order valence-electron chi connectivity index (χ3n) is 2.93. The van der Waals surface area contributed by atoms with Gasteiger partial charge in [0, 0.05) is 6.61 Å². The third-order valence-corrected chi connectivity index (χ3v) is 3.24. The van der Waals surface area contributed by atoms with Gasteiger partial charge in [-0.2, -0.15) is 0 Å². The first-order valence-electron chi connectivity index (χ1n) is 5.43. The highest BCUT2D eigenvalue weighted by Gasteiger charge is 2.24. The number of nitrogens with two attached hydrogens (primary N) is 1. The molecule has 0 spiro atoms. The Labute approximate surface area is 100 Å². The molecule has 88 valence electrons. The quantitative estimate of drug-likeness (QED) is 0.885. The Bertz CT molecular complexity index is 364. The molecule has 4 heteroatoms. The van der Waals surface area contributed by atoms with Crippen molar-refractivity contribution < 1.29 is 9.47 Å². The van der Waals surface area contributed by atoms with Crippen molar-refractivity contribution in [2.75, 3.05) is 13.7 Å². The van der Waals surface area contributed by atoms with Crippen LogP contribution < -0.4 is 10.5 Å². The lowest BCUT2D eigenvalue weighted by Crippen LogP contribution is -2.25. The summed E-state index contributed by atoms with van der Waals surface area (Å²) in [6.07, 6.45) is 2.22. The van der Waals surface area contributed by atoms with E-state index >= 15 is 0 Å². The van der Waals surface area contributed by atoms with Crippen LogP contribution in [0.5, 0.6) is 5.75 Å². The molecule has 1 aliphatic heterocycles. The van der Waals surface area contributed by atoms with Crippen LogP contribution in [0.1, 0.15) is 24.4 Å². The Balaban J connectivity index is 2.19. The van der Waals surface area contributed by atoms with Crippen molar-refractivity contribution in [2.45, 2.75) is 25.0 Å². The summed E-state index contributed by atoms with van der Waals surface area (Å²) in [5.41, 5.74) is 7.16. The summed E-state index contributed by atoms with van der Waals surface area (Å²) in [6.45, 7) is 0.809. The van der Waals surface area contributed by atoms with Crippen LogP contribution in [0, 0.1) is 0 Å². The zero-order valence-electron chi connectivity index (χ0n) is 9.28. The normalized spacial score (nSPS) is 22.1. The van der Waals surface area contributed by atoms with E-state index in [2.05, 4.69) is 0 Å². The smallest absolute Gasteiger partial charge is 0.137 e. The van der Waals surface area contributed by atoms with Gasteiger partial charge in [0.1, 0.15) is 5.75 Å². The zero-order chi connectivity index (χ0) is 11.5. The monoisotopic (exact) mass is 241 g/mol. The predicted octanol–water partition coefficient (Wildman–Crippen LogP) is 2.53. The van der Waals surface area contributed by atoms with Crippen LogP contribution in [-0.2, 0) is 4.74 Å². The standard InChI is InChI=1S/C12H16ClNO2/c1-15-11-7-8(4-5-9(11)13)12(14)10-3-2-6-16-10/h4-5,7,10,12H,2-3,6,14H2,1H3.